The lowest BCUT2D eigenvalue weighted by Crippen LogP contribution is -2.40. The van der Waals surface area contributed by atoms with Gasteiger partial charge in [-0.1, -0.05) is 17.3 Å². The zero-order valence-electron chi connectivity index (χ0n) is 13.9. The van der Waals surface area contributed by atoms with Crippen LogP contribution in [-0.4, -0.2) is 30.2 Å². The molecule has 0 bridgehead atoms. The molecule has 2 aliphatic heterocycles. The fourth-order valence-electron chi connectivity index (χ4n) is 3.19. The number of anilines is 1. The first-order valence-corrected chi connectivity index (χ1v) is 8.05. The first-order valence-electron chi connectivity index (χ1n) is 8.05. The van der Waals surface area contributed by atoms with Crippen molar-refractivity contribution in [3.63, 3.8) is 0 Å². The Morgan fingerprint density at radius 3 is 2.42 bits per heavy atom. The van der Waals surface area contributed by atoms with Crippen molar-refractivity contribution in [1.29, 1.82) is 0 Å². The van der Waals surface area contributed by atoms with Crippen LogP contribution < -0.4 is 9.64 Å². The van der Waals surface area contributed by atoms with Gasteiger partial charge in [-0.15, -0.1) is 0 Å². The highest BCUT2D eigenvalue weighted by Crippen LogP contribution is 2.39. The zero-order valence-corrected chi connectivity index (χ0v) is 13.9. The summed E-state index contributed by atoms with van der Waals surface area (Å²) >= 11 is 0. The molecule has 0 unspecified atom stereocenters. The number of rotatable bonds is 3. The fourth-order valence-corrected chi connectivity index (χ4v) is 3.19. The zero-order chi connectivity index (χ0) is 18.3. The van der Waals surface area contributed by atoms with Crippen LogP contribution in [0.15, 0.2) is 53.7 Å². The monoisotopic (exact) mass is 354 g/mol. The summed E-state index contributed by atoms with van der Waals surface area (Å²) in [5.41, 5.74) is 0.298. The number of oxime groups is 1. The van der Waals surface area contributed by atoms with Crippen molar-refractivity contribution in [2.45, 2.75) is 18.4 Å². The molecule has 0 radical (unpaired) electrons. The van der Waals surface area contributed by atoms with Gasteiger partial charge in [-0.3, -0.25) is 9.59 Å². The summed E-state index contributed by atoms with van der Waals surface area (Å²) in [6.07, 6.45) is 0.0713. The molecule has 1 fully saturated rings. The van der Waals surface area contributed by atoms with E-state index in [1.807, 2.05) is 0 Å². The van der Waals surface area contributed by atoms with Gasteiger partial charge in [0.25, 0.3) is 5.91 Å². The molecule has 0 aromatic heterocycles. The van der Waals surface area contributed by atoms with E-state index >= 15 is 0 Å². The maximum atomic E-state index is 13.1. The van der Waals surface area contributed by atoms with Gasteiger partial charge in [-0.05, 0) is 42.0 Å². The lowest BCUT2D eigenvalue weighted by Gasteiger charge is -2.19. The Hall–Kier alpha value is -3.22. The van der Waals surface area contributed by atoms with E-state index in [1.54, 1.807) is 36.4 Å². The lowest BCUT2D eigenvalue weighted by molar-refractivity contribution is -0.136. The van der Waals surface area contributed by atoms with E-state index < -0.39 is 11.5 Å². The van der Waals surface area contributed by atoms with Crippen LogP contribution >= 0.6 is 0 Å². The highest BCUT2D eigenvalue weighted by molar-refractivity contribution is 6.25. The van der Waals surface area contributed by atoms with Gasteiger partial charge >= 0.3 is 0 Å². The predicted octanol–water partition coefficient (Wildman–Crippen LogP) is 2.66. The van der Waals surface area contributed by atoms with Crippen molar-refractivity contribution in [1.82, 2.24) is 0 Å². The molecular formula is C19H15FN2O4. The van der Waals surface area contributed by atoms with E-state index in [2.05, 4.69) is 5.16 Å². The number of amides is 2. The first-order chi connectivity index (χ1) is 12.5. The molecule has 132 valence electrons. The van der Waals surface area contributed by atoms with Crippen molar-refractivity contribution in [2.24, 2.45) is 5.16 Å². The van der Waals surface area contributed by atoms with Crippen LogP contribution in [0.3, 0.4) is 0 Å². The minimum atomic E-state index is -1.33. The molecule has 2 heterocycles. The van der Waals surface area contributed by atoms with Crippen LogP contribution in [0, 0.1) is 5.82 Å². The molecule has 7 heteroatoms. The summed E-state index contributed by atoms with van der Waals surface area (Å²) in [5, 5.41) is 3.99. The van der Waals surface area contributed by atoms with Crippen molar-refractivity contribution >= 4 is 23.2 Å². The van der Waals surface area contributed by atoms with E-state index in [4.69, 9.17) is 9.57 Å². The van der Waals surface area contributed by atoms with Gasteiger partial charge in [-0.25, -0.2) is 9.29 Å². The van der Waals surface area contributed by atoms with E-state index in [0.29, 0.717) is 22.7 Å². The number of methoxy groups -OCH3 is 1. The van der Waals surface area contributed by atoms with Gasteiger partial charge in [0.1, 0.15) is 11.6 Å². The maximum absolute atomic E-state index is 13.1. The quantitative estimate of drug-likeness (QED) is 0.795. The molecular weight excluding hydrogens is 339 g/mol. The molecule has 2 amide bonds. The molecule has 2 aromatic carbocycles. The van der Waals surface area contributed by atoms with Gasteiger partial charge in [-0.2, -0.15) is 0 Å². The Bertz CT molecular complexity index is 908. The maximum Gasteiger partial charge on any atom is 0.281 e. The van der Waals surface area contributed by atoms with Gasteiger partial charge < -0.3 is 9.57 Å². The second kappa shape index (κ2) is 5.94. The number of hydrogen-bond acceptors (Lipinski definition) is 5. The number of halogens is 1. The van der Waals surface area contributed by atoms with Crippen LogP contribution in [0.2, 0.25) is 0 Å². The van der Waals surface area contributed by atoms with Gasteiger partial charge in [0.15, 0.2) is 0 Å². The van der Waals surface area contributed by atoms with Crippen molar-refractivity contribution < 1.29 is 23.6 Å². The van der Waals surface area contributed by atoms with Crippen LogP contribution in [0.25, 0.3) is 0 Å². The third-order valence-electron chi connectivity index (χ3n) is 4.57. The van der Waals surface area contributed by atoms with Crippen LogP contribution in [0.1, 0.15) is 18.4 Å². The minimum Gasteiger partial charge on any atom is -0.497 e. The smallest absolute Gasteiger partial charge is 0.281 e. The average molecular weight is 354 g/mol. The number of carbonyl (C=O) groups is 2. The van der Waals surface area contributed by atoms with E-state index in [1.165, 1.54) is 19.2 Å². The van der Waals surface area contributed by atoms with Gasteiger partial charge in [0, 0.05) is 6.42 Å². The molecule has 26 heavy (non-hydrogen) atoms. The first kappa shape index (κ1) is 16.3. The van der Waals surface area contributed by atoms with Crippen molar-refractivity contribution in [3.05, 3.63) is 59.9 Å². The van der Waals surface area contributed by atoms with E-state index in [9.17, 15) is 14.0 Å². The lowest BCUT2D eigenvalue weighted by atomic mass is 9.92. The molecule has 0 N–H and O–H groups in total. The van der Waals surface area contributed by atoms with Crippen LogP contribution in [-0.2, 0) is 14.4 Å². The summed E-state index contributed by atoms with van der Waals surface area (Å²) in [6, 6.07) is 12.4. The van der Waals surface area contributed by atoms with Crippen LogP contribution in [0.4, 0.5) is 10.1 Å². The summed E-state index contributed by atoms with van der Waals surface area (Å²) in [5.74, 6) is -0.536. The second-order valence-corrected chi connectivity index (χ2v) is 6.22. The predicted molar refractivity (Wildman–Crippen MR) is 91.5 cm³/mol. The number of ether oxygens (including phenoxy) is 1. The Morgan fingerprint density at radius 1 is 1.08 bits per heavy atom. The van der Waals surface area contributed by atoms with Crippen LogP contribution in [0.5, 0.6) is 5.75 Å². The third-order valence-corrected chi connectivity index (χ3v) is 4.57. The average Bonchev–Trinajstić information content (AvgIpc) is 3.18. The summed E-state index contributed by atoms with van der Waals surface area (Å²) in [7, 11) is 1.54. The molecule has 2 aliphatic rings. The SMILES string of the molecule is COc1ccc(N2C(=O)C[C@@]3(CC(c4ccc(F)cc4)=NO3)C2=O)cc1. The number of hydrogen-bond donors (Lipinski definition) is 0. The number of carbonyl (C=O) groups excluding carboxylic acids is 2. The molecule has 6 nitrogen and oxygen atoms in total. The van der Waals surface area contributed by atoms with Crippen molar-refractivity contribution in [2.75, 3.05) is 12.0 Å². The summed E-state index contributed by atoms with van der Waals surface area (Å²) < 4.78 is 18.2. The van der Waals surface area contributed by atoms with Gasteiger partial charge in [0.05, 0.1) is 24.9 Å². The molecule has 1 atom stereocenters. The molecule has 2 aromatic rings. The molecule has 0 aliphatic carbocycles. The Morgan fingerprint density at radius 2 is 1.77 bits per heavy atom. The van der Waals surface area contributed by atoms with Crippen molar-refractivity contribution in [3.8, 4) is 5.75 Å². The number of nitrogens with zero attached hydrogens (tertiary/aromatic N) is 2. The molecule has 1 saturated heterocycles. The fraction of sp³-hybridized carbons (Fsp3) is 0.211. The summed E-state index contributed by atoms with van der Waals surface area (Å²) in [4.78, 5) is 32.0. The van der Waals surface area contributed by atoms with E-state index in [-0.39, 0.29) is 24.6 Å². The van der Waals surface area contributed by atoms with E-state index in [0.717, 1.165) is 4.90 Å². The topological polar surface area (TPSA) is 68.2 Å². The number of benzene rings is 2. The Kier molecular flexibility index (Phi) is 3.72. The standard InChI is InChI=1S/C19H15FN2O4/c1-25-15-8-6-14(7-9-15)22-17(23)11-19(18(22)24)10-16(21-26-19)12-2-4-13(20)5-3-12/h2-9H,10-11H2,1H3/t19-/m0/s1. The normalized spacial score (nSPS) is 21.9. The summed E-state index contributed by atoms with van der Waals surface area (Å²) in [6.45, 7) is 0. The highest BCUT2D eigenvalue weighted by atomic mass is 19.1. The molecule has 4 rings (SSSR count). The molecule has 1 spiro atoms. The largest absolute Gasteiger partial charge is 0.497 e. The minimum absolute atomic E-state index is 0.0912. The number of imide groups is 1. The van der Waals surface area contributed by atoms with Gasteiger partial charge in [0.2, 0.25) is 11.5 Å². The highest BCUT2D eigenvalue weighted by Gasteiger charge is 2.58. The molecule has 0 saturated carbocycles. The Balaban J connectivity index is 1.58. The second-order valence-electron chi connectivity index (χ2n) is 6.22. The Labute approximate surface area is 148 Å². The third kappa shape index (κ3) is 2.52.